The van der Waals surface area contributed by atoms with Crippen LogP contribution in [0.1, 0.15) is 29.4 Å². The highest BCUT2D eigenvalue weighted by atomic mass is 32.1. The first-order valence-electron chi connectivity index (χ1n) is 11.9. The third-order valence-corrected chi connectivity index (χ3v) is 6.51. The summed E-state index contributed by atoms with van der Waals surface area (Å²) in [5.74, 6) is 2.16. The van der Waals surface area contributed by atoms with Gasteiger partial charge in [-0.3, -0.25) is 4.79 Å². The molecule has 4 aromatic rings. The first kappa shape index (κ1) is 25.3. The summed E-state index contributed by atoms with van der Waals surface area (Å²) in [6.07, 6.45) is 3.31. The Balaban J connectivity index is 1.49. The third kappa shape index (κ3) is 6.07. The van der Waals surface area contributed by atoms with Crippen molar-refractivity contribution < 1.29 is 13.9 Å². The largest absolute Gasteiger partial charge is 0.493 e. The number of furan rings is 1. The Kier molecular flexibility index (Phi) is 8.28. The molecule has 4 rings (SSSR count). The monoisotopic (exact) mass is 505 g/mol. The second-order valence-electron chi connectivity index (χ2n) is 8.51. The molecule has 2 aromatic heterocycles. The summed E-state index contributed by atoms with van der Waals surface area (Å²) >= 11 is 5.75. The highest BCUT2D eigenvalue weighted by Gasteiger charge is 2.15. The van der Waals surface area contributed by atoms with Gasteiger partial charge in [-0.25, -0.2) is 0 Å². The fourth-order valence-electron chi connectivity index (χ4n) is 4.10. The lowest BCUT2D eigenvalue weighted by atomic mass is 10.1. The van der Waals surface area contributed by atoms with Crippen molar-refractivity contribution in [3.8, 4) is 11.5 Å². The predicted molar refractivity (Wildman–Crippen MR) is 146 cm³/mol. The van der Waals surface area contributed by atoms with Crippen LogP contribution in [0.5, 0.6) is 11.5 Å². The maximum atomic E-state index is 12.9. The summed E-state index contributed by atoms with van der Waals surface area (Å²) in [5.41, 5.74) is 3.67. The van der Waals surface area contributed by atoms with Gasteiger partial charge in [-0.15, -0.1) is 0 Å². The van der Waals surface area contributed by atoms with Crippen LogP contribution in [-0.2, 0) is 25.9 Å². The van der Waals surface area contributed by atoms with E-state index in [9.17, 15) is 4.79 Å². The fraction of sp³-hybridized carbons (Fsp3) is 0.286. The van der Waals surface area contributed by atoms with Crippen molar-refractivity contribution in [3.63, 3.8) is 0 Å². The van der Waals surface area contributed by atoms with Crippen LogP contribution in [0, 0.1) is 0 Å². The van der Waals surface area contributed by atoms with E-state index in [1.807, 2.05) is 53.4 Å². The Bertz CT molecular complexity index is 1380. The van der Waals surface area contributed by atoms with Crippen LogP contribution in [-0.4, -0.2) is 35.8 Å². The molecule has 0 radical (unpaired) electrons. The number of fused-ring (bicyclic) bond motifs is 1. The van der Waals surface area contributed by atoms with Crippen molar-refractivity contribution in [1.82, 2.24) is 15.2 Å². The molecular formula is C28H31N3O4S. The molecule has 0 saturated heterocycles. The van der Waals surface area contributed by atoms with Gasteiger partial charge in [0, 0.05) is 17.6 Å². The number of methoxy groups -OCH3 is 2. The van der Waals surface area contributed by atoms with E-state index in [2.05, 4.69) is 23.3 Å². The molecule has 0 fully saturated rings. The van der Waals surface area contributed by atoms with Gasteiger partial charge in [0.2, 0.25) is 0 Å². The third-order valence-electron chi connectivity index (χ3n) is 6.11. The number of hydrogen-bond donors (Lipinski definition) is 2. The molecule has 0 atom stereocenters. The average molecular weight is 506 g/mol. The minimum Gasteiger partial charge on any atom is -0.493 e. The maximum absolute atomic E-state index is 12.9. The molecule has 8 heteroatoms. The number of rotatable bonds is 10. The molecule has 2 aromatic carbocycles. The Labute approximate surface area is 216 Å². The number of nitrogens with zero attached hydrogens (tertiary/aromatic N) is 1. The fourth-order valence-corrected chi connectivity index (χ4v) is 4.33. The summed E-state index contributed by atoms with van der Waals surface area (Å²) in [5, 5.41) is 4.89. The molecular weight excluding hydrogens is 474 g/mol. The van der Waals surface area contributed by atoms with Crippen molar-refractivity contribution in [2.24, 2.45) is 0 Å². The molecule has 0 aliphatic heterocycles. The molecule has 0 unspecified atom stereocenters. The minimum atomic E-state index is -0.121. The van der Waals surface area contributed by atoms with Crippen LogP contribution in [0.3, 0.4) is 0 Å². The second-order valence-corrected chi connectivity index (χ2v) is 8.89. The maximum Gasteiger partial charge on any atom is 0.253 e. The molecule has 36 heavy (non-hydrogen) atoms. The molecule has 0 aliphatic carbocycles. The molecule has 0 spiro atoms. The van der Waals surface area contributed by atoms with Gasteiger partial charge in [-0.2, -0.15) is 0 Å². The van der Waals surface area contributed by atoms with Crippen LogP contribution >= 0.6 is 12.2 Å². The molecule has 0 aliphatic rings. The number of nitrogens with one attached hydrogen (secondary N) is 2. The van der Waals surface area contributed by atoms with Gasteiger partial charge >= 0.3 is 0 Å². The summed E-state index contributed by atoms with van der Waals surface area (Å²) in [7, 11) is 3.24. The Morgan fingerprint density at radius 3 is 2.56 bits per heavy atom. The van der Waals surface area contributed by atoms with Crippen LogP contribution in [0.25, 0.3) is 10.9 Å². The van der Waals surface area contributed by atoms with Gasteiger partial charge in [-0.05, 0) is 84.0 Å². The van der Waals surface area contributed by atoms with Crippen LogP contribution in [0.2, 0.25) is 0 Å². The zero-order chi connectivity index (χ0) is 25.5. The molecule has 188 valence electrons. The van der Waals surface area contributed by atoms with Gasteiger partial charge in [0.1, 0.15) is 5.76 Å². The Morgan fingerprint density at radius 2 is 1.83 bits per heavy atom. The smallest absolute Gasteiger partial charge is 0.253 e. The quantitative estimate of drug-likeness (QED) is 0.299. The average Bonchev–Trinajstić information content (AvgIpc) is 3.41. The van der Waals surface area contributed by atoms with E-state index in [0.29, 0.717) is 41.8 Å². The van der Waals surface area contributed by atoms with Crippen molar-refractivity contribution in [3.05, 3.63) is 93.7 Å². The SMILES string of the molecule is CCc1ccc2[nH]c(=O)c(CN(Cc3ccco3)C(=S)NCCc3ccc(OC)c(OC)c3)cc2c1. The lowest BCUT2D eigenvalue weighted by Gasteiger charge is -2.25. The van der Waals surface area contributed by atoms with Crippen molar-refractivity contribution in [1.29, 1.82) is 0 Å². The highest BCUT2D eigenvalue weighted by Crippen LogP contribution is 2.27. The van der Waals surface area contributed by atoms with Gasteiger partial charge in [0.05, 0.1) is 33.6 Å². The van der Waals surface area contributed by atoms with Gasteiger partial charge < -0.3 is 29.1 Å². The van der Waals surface area contributed by atoms with Crippen LogP contribution in [0.15, 0.2) is 70.1 Å². The minimum absolute atomic E-state index is 0.121. The second kappa shape index (κ2) is 11.8. The topological polar surface area (TPSA) is 79.7 Å². The molecule has 0 bridgehead atoms. The summed E-state index contributed by atoms with van der Waals surface area (Å²) in [6.45, 7) is 3.54. The van der Waals surface area contributed by atoms with E-state index < -0.39 is 0 Å². The Morgan fingerprint density at radius 1 is 1.03 bits per heavy atom. The number of benzene rings is 2. The number of ether oxygens (including phenoxy) is 2. The predicted octanol–water partition coefficient (Wildman–Crippen LogP) is 4.82. The normalized spacial score (nSPS) is 10.9. The molecule has 2 heterocycles. The summed E-state index contributed by atoms with van der Waals surface area (Å²) in [6, 6.07) is 17.7. The zero-order valence-electron chi connectivity index (χ0n) is 20.8. The van der Waals surface area contributed by atoms with E-state index in [4.69, 9.17) is 26.1 Å². The van der Waals surface area contributed by atoms with Crippen molar-refractivity contribution in [2.45, 2.75) is 32.9 Å². The number of thiocarbonyl (C=S) groups is 1. The van der Waals surface area contributed by atoms with E-state index in [1.54, 1.807) is 20.5 Å². The van der Waals surface area contributed by atoms with Gasteiger partial charge in [0.15, 0.2) is 16.6 Å². The molecule has 0 saturated carbocycles. The molecule has 2 N–H and O–H groups in total. The van der Waals surface area contributed by atoms with Crippen molar-refractivity contribution in [2.75, 3.05) is 20.8 Å². The first-order valence-corrected chi connectivity index (χ1v) is 12.3. The van der Waals surface area contributed by atoms with Crippen LogP contribution < -0.4 is 20.3 Å². The molecule has 7 nitrogen and oxygen atoms in total. The van der Waals surface area contributed by atoms with E-state index in [-0.39, 0.29) is 5.56 Å². The number of pyridine rings is 1. The number of aromatic nitrogens is 1. The number of H-pyrrole nitrogens is 1. The zero-order valence-corrected chi connectivity index (χ0v) is 21.6. The number of hydrogen-bond acceptors (Lipinski definition) is 5. The highest BCUT2D eigenvalue weighted by molar-refractivity contribution is 7.80. The van der Waals surface area contributed by atoms with E-state index in [0.717, 1.165) is 35.1 Å². The van der Waals surface area contributed by atoms with Gasteiger partial charge in [0.25, 0.3) is 5.56 Å². The Hall–Kier alpha value is -3.78. The number of aromatic amines is 1. The summed E-state index contributed by atoms with van der Waals surface area (Å²) in [4.78, 5) is 17.8. The lowest BCUT2D eigenvalue weighted by molar-refractivity contribution is 0.350. The molecule has 0 amide bonds. The van der Waals surface area contributed by atoms with Crippen LogP contribution in [0.4, 0.5) is 0 Å². The standard InChI is InChI=1S/C28H31N3O4S/c1-4-19-7-9-24-21(14-19)16-22(27(32)30-24)17-31(18-23-6-5-13-35-23)28(36)29-12-11-20-8-10-25(33-2)26(15-20)34-3/h5-10,13-16H,4,11-12,17-18H2,1-3H3,(H,29,36)(H,30,32). The summed E-state index contributed by atoms with van der Waals surface area (Å²) < 4.78 is 16.3. The van der Waals surface area contributed by atoms with Crippen molar-refractivity contribution >= 4 is 28.2 Å². The van der Waals surface area contributed by atoms with Gasteiger partial charge in [-0.1, -0.05) is 19.1 Å². The van der Waals surface area contributed by atoms with E-state index >= 15 is 0 Å². The van der Waals surface area contributed by atoms with E-state index in [1.165, 1.54) is 5.56 Å². The lowest BCUT2D eigenvalue weighted by Crippen LogP contribution is -2.40. The number of aryl methyl sites for hydroxylation is 1. The first-order chi connectivity index (χ1) is 17.5.